The molecule has 0 heterocycles. The minimum atomic E-state index is -3.85. The van der Waals surface area contributed by atoms with Gasteiger partial charge in [0.15, 0.2) is 11.5 Å². The molecule has 0 aliphatic carbocycles. The van der Waals surface area contributed by atoms with Crippen molar-refractivity contribution in [3.8, 4) is 11.5 Å². The highest BCUT2D eigenvalue weighted by Crippen LogP contribution is 2.29. The molecule has 0 bridgehead atoms. The second kappa shape index (κ2) is 8.16. The number of likely N-dealkylation sites (N-methyl/N-ethyl adjacent to an activating group) is 1. The van der Waals surface area contributed by atoms with Crippen LogP contribution in [0.4, 0.5) is 0 Å². The van der Waals surface area contributed by atoms with Gasteiger partial charge in [-0.3, -0.25) is 4.79 Å². The summed E-state index contributed by atoms with van der Waals surface area (Å²) in [4.78, 5) is 13.8. The largest absolute Gasteiger partial charge is 0.493 e. The van der Waals surface area contributed by atoms with Crippen LogP contribution in [0.2, 0.25) is 0 Å². The Hall–Kier alpha value is -1.80. The molecule has 1 unspecified atom stereocenters. The van der Waals surface area contributed by atoms with Gasteiger partial charge < -0.3 is 14.4 Å². The molecular weight excluding hydrogens is 320 g/mol. The van der Waals surface area contributed by atoms with Crippen LogP contribution in [-0.4, -0.2) is 52.6 Å². The Labute approximate surface area is 137 Å². The molecule has 0 aliphatic rings. The van der Waals surface area contributed by atoms with Crippen molar-refractivity contribution in [2.24, 2.45) is 0 Å². The van der Waals surface area contributed by atoms with Crippen LogP contribution in [0.25, 0.3) is 0 Å². The lowest BCUT2D eigenvalue weighted by molar-refractivity contribution is -0.132. The van der Waals surface area contributed by atoms with Gasteiger partial charge in [0, 0.05) is 19.2 Å². The van der Waals surface area contributed by atoms with Gasteiger partial charge in [0.1, 0.15) is 0 Å². The van der Waals surface area contributed by atoms with Crippen molar-refractivity contribution in [1.29, 1.82) is 0 Å². The summed E-state index contributed by atoms with van der Waals surface area (Å²) >= 11 is 0. The number of benzene rings is 1. The molecule has 8 heteroatoms. The Kier molecular flexibility index (Phi) is 6.83. The zero-order valence-electron chi connectivity index (χ0n) is 14.1. The molecule has 0 aromatic heterocycles. The maximum atomic E-state index is 12.4. The fraction of sp³-hybridized carbons (Fsp3) is 0.533. The summed E-state index contributed by atoms with van der Waals surface area (Å²) in [5, 5.41) is 0. The predicted octanol–water partition coefficient (Wildman–Crippen LogP) is 1.24. The number of sulfonamides is 1. The fourth-order valence-electron chi connectivity index (χ4n) is 2.14. The number of rotatable bonds is 8. The first-order chi connectivity index (χ1) is 10.8. The average Bonchev–Trinajstić information content (AvgIpc) is 2.54. The zero-order valence-corrected chi connectivity index (χ0v) is 14.9. The van der Waals surface area contributed by atoms with Crippen LogP contribution in [0.15, 0.2) is 23.1 Å². The number of amides is 1. The Morgan fingerprint density at radius 1 is 1.17 bits per heavy atom. The predicted molar refractivity (Wildman–Crippen MR) is 87.3 cm³/mol. The van der Waals surface area contributed by atoms with Gasteiger partial charge in [-0.1, -0.05) is 0 Å². The van der Waals surface area contributed by atoms with Crippen LogP contribution >= 0.6 is 0 Å². The van der Waals surface area contributed by atoms with Gasteiger partial charge in [0.25, 0.3) is 0 Å². The minimum Gasteiger partial charge on any atom is -0.493 e. The van der Waals surface area contributed by atoms with Crippen LogP contribution in [0.1, 0.15) is 20.8 Å². The van der Waals surface area contributed by atoms with E-state index >= 15 is 0 Å². The van der Waals surface area contributed by atoms with Gasteiger partial charge >= 0.3 is 0 Å². The molecule has 0 radical (unpaired) electrons. The van der Waals surface area contributed by atoms with Crippen molar-refractivity contribution in [2.75, 3.05) is 27.3 Å². The van der Waals surface area contributed by atoms with Crippen molar-refractivity contribution < 1.29 is 22.7 Å². The van der Waals surface area contributed by atoms with Gasteiger partial charge in [0.05, 0.1) is 25.2 Å². The van der Waals surface area contributed by atoms with E-state index in [1.807, 2.05) is 13.8 Å². The summed E-state index contributed by atoms with van der Waals surface area (Å²) in [6.07, 6.45) is 0. The van der Waals surface area contributed by atoms with Crippen LogP contribution < -0.4 is 14.2 Å². The first kappa shape index (κ1) is 19.2. The van der Waals surface area contributed by atoms with E-state index < -0.39 is 16.1 Å². The summed E-state index contributed by atoms with van der Waals surface area (Å²) in [5.41, 5.74) is 0. The standard InChI is InChI=1S/C15H24N2O5S/c1-6-17(7-2)15(18)11(3)16-23(19,20)12-8-9-13(21-4)14(10-12)22-5/h8-11,16H,6-7H2,1-5H3. The third kappa shape index (κ3) is 4.59. The van der Waals surface area contributed by atoms with Crippen molar-refractivity contribution in [1.82, 2.24) is 9.62 Å². The lowest BCUT2D eigenvalue weighted by Crippen LogP contribution is -2.46. The fourth-order valence-corrected chi connectivity index (χ4v) is 3.36. The van der Waals surface area contributed by atoms with Gasteiger partial charge in [-0.2, -0.15) is 4.72 Å². The van der Waals surface area contributed by atoms with E-state index in [0.717, 1.165) is 0 Å². The molecule has 0 aliphatic heterocycles. The highest BCUT2D eigenvalue weighted by molar-refractivity contribution is 7.89. The van der Waals surface area contributed by atoms with Gasteiger partial charge in [0.2, 0.25) is 15.9 Å². The van der Waals surface area contributed by atoms with E-state index in [4.69, 9.17) is 9.47 Å². The SMILES string of the molecule is CCN(CC)C(=O)C(C)NS(=O)(=O)c1ccc(OC)c(OC)c1. The molecule has 23 heavy (non-hydrogen) atoms. The number of nitrogens with one attached hydrogen (secondary N) is 1. The highest BCUT2D eigenvalue weighted by atomic mass is 32.2. The third-order valence-corrected chi connectivity index (χ3v) is 4.98. The smallest absolute Gasteiger partial charge is 0.241 e. The second-order valence-electron chi connectivity index (χ2n) is 4.87. The molecule has 1 aromatic rings. The number of carbonyl (C=O) groups is 1. The highest BCUT2D eigenvalue weighted by Gasteiger charge is 2.25. The van der Waals surface area contributed by atoms with Crippen molar-refractivity contribution in [2.45, 2.75) is 31.7 Å². The number of methoxy groups -OCH3 is 2. The van der Waals surface area contributed by atoms with Crippen LogP contribution in [0, 0.1) is 0 Å². The molecular formula is C15H24N2O5S. The quantitative estimate of drug-likeness (QED) is 0.767. The number of hydrogen-bond acceptors (Lipinski definition) is 5. The monoisotopic (exact) mass is 344 g/mol. The Morgan fingerprint density at radius 2 is 1.74 bits per heavy atom. The maximum Gasteiger partial charge on any atom is 0.241 e. The molecule has 0 saturated carbocycles. The summed E-state index contributed by atoms with van der Waals surface area (Å²) in [7, 11) is -0.953. The molecule has 1 rings (SSSR count). The van der Waals surface area contributed by atoms with E-state index in [9.17, 15) is 13.2 Å². The van der Waals surface area contributed by atoms with Crippen molar-refractivity contribution in [3.05, 3.63) is 18.2 Å². The maximum absolute atomic E-state index is 12.4. The van der Waals surface area contributed by atoms with Crippen LogP contribution in [-0.2, 0) is 14.8 Å². The summed E-state index contributed by atoms with van der Waals surface area (Å²) < 4.78 is 37.5. The molecule has 0 spiro atoms. The molecule has 0 fully saturated rings. The third-order valence-electron chi connectivity index (χ3n) is 3.44. The van der Waals surface area contributed by atoms with E-state index in [-0.39, 0.29) is 10.8 Å². The van der Waals surface area contributed by atoms with Gasteiger partial charge in [-0.15, -0.1) is 0 Å². The Bertz CT molecular complexity index is 641. The molecule has 1 N–H and O–H groups in total. The van der Waals surface area contributed by atoms with Gasteiger partial charge in [-0.25, -0.2) is 8.42 Å². The molecule has 1 atom stereocenters. The first-order valence-electron chi connectivity index (χ1n) is 7.33. The molecule has 130 valence electrons. The topological polar surface area (TPSA) is 84.9 Å². The number of carbonyl (C=O) groups excluding carboxylic acids is 1. The lowest BCUT2D eigenvalue weighted by atomic mass is 10.3. The number of ether oxygens (including phenoxy) is 2. The normalized spacial score (nSPS) is 12.6. The summed E-state index contributed by atoms with van der Waals surface area (Å²) in [5.74, 6) is 0.468. The molecule has 7 nitrogen and oxygen atoms in total. The van der Waals surface area contributed by atoms with E-state index in [1.165, 1.54) is 39.3 Å². The Balaban J connectivity index is 3.01. The zero-order chi connectivity index (χ0) is 17.6. The first-order valence-corrected chi connectivity index (χ1v) is 8.82. The number of hydrogen-bond donors (Lipinski definition) is 1. The van der Waals surface area contributed by atoms with Crippen LogP contribution in [0.3, 0.4) is 0 Å². The molecule has 1 amide bonds. The van der Waals surface area contributed by atoms with Crippen molar-refractivity contribution >= 4 is 15.9 Å². The summed E-state index contributed by atoms with van der Waals surface area (Å²) in [6, 6.07) is 3.41. The van der Waals surface area contributed by atoms with Gasteiger partial charge in [-0.05, 0) is 32.9 Å². The average molecular weight is 344 g/mol. The second-order valence-corrected chi connectivity index (χ2v) is 6.58. The minimum absolute atomic E-state index is 0.00865. The van der Waals surface area contributed by atoms with Crippen LogP contribution in [0.5, 0.6) is 11.5 Å². The lowest BCUT2D eigenvalue weighted by Gasteiger charge is -2.23. The number of nitrogens with zero attached hydrogens (tertiary/aromatic N) is 1. The van der Waals surface area contributed by atoms with E-state index in [0.29, 0.717) is 24.6 Å². The molecule has 1 aromatic carbocycles. The Morgan fingerprint density at radius 3 is 2.22 bits per heavy atom. The van der Waals surface area contributed by atoms with E-state index in [1.54, 1.807) is 4.90 Å². The van der Waals surface area contributed by atoms with E-state index in [2.05, 4.69) is 4.72 Å². The van der Waals surface area contributed by atoms with Crippen molar-refractivity contribution in [3.63, 3.8) is 0 Å². The summed E-state index contributed by atoms with van der Waals surface area (Å²) in [6.45, 7) is 6.27. The molecule has 0 saturated heterocycles.